The number of ether oxygens (including phenoxy) is 1. The number of fused-ring (bicyclic) bond motifs is 5. The van der Waals surface area contributed by atoms with Crippen molar-refractivity contribution < 1.29 is 17.9 Å². The van der Waals surface area contributed by atoms with Crippen LogP contribution < -0.4 is 15.2 Å². The minimum atomic E-state index is -4.64. The second-order valence-electron chi connectivity index (χ2n) is 13.1. The van der Waals surface area contributed by atoms with Gasteiger partial charge in [0.2, 0.25) is 11.4 Å². The third-order valence-corrected chi connectivity index (χ3v) is 10.1. The number of hydrogen-bond donors (Lipinski definition) is 1. The van der Waals surface area contributed by atoms with Gasteiger partial charge in [0.15, 0.2) is 0 Å². The quantitative estimate of drug-likeness (QED) is 0.361. The van der Waals surface area contributed by atoms with E-state index >= 15 is 0 Å². The van der Waals surface area contributed by atoms with Crippen LogP contribution in [0.1, 0.15) is 69.8 Å². The molecular formula is C35H45F3N6O2. The molecule has 2 bridgehead atoms. The highest BCUT2D eigenvalue weighted by molar-refractivity contribution is 5.65. The predicted molar refractivity (Wildman–Crippen MR) is 173 cm³/mol. The van der Waals surface area contributed by atoms with Crippen molar-refractivity contribution in [3.63, 3.8) is 0 Å². The van der Waals surface area contributed by atoms with Crippen LogP contribution in [-0.4, -0.2) is 76.7 Å². The molecule has 1 spiro atoms. The van der Waals surface area contributed by atoms with Gasteiger partial charge in [0.25, 0.3) is 0 Å². The Labute approximate surface area is 269 Å². The Bertz CT molecular complexity index is 1560. The Morgan fingerprint density at radius 3 is 2.41 bits per heavy atom. The molecule has 5 aliphatic heterocycles. The lowest BCUT2D eigenvalue weighted by molar-refractivity contribution is -0.140. The van der Waals surface area contributed by atoms with Gasteiger partial charge in [-0.2, -0.15) is 13.2 Å². The van der Waals surface area contributed by atoms with Gasteiger partial charge in [0.1, 0.15) is 5.69 Å². The minimum absolute atomic E-state index is 0.0423. The first-order valence-corrected chi connectivity index (χ1v) is 16.8. The fourth-order valence-corrected chi connectivity index (χ4v) is 7.95. The lowest BCUT2D eigenvalue weighted by Crippen LogP contribution is -2.61. The van der Waals surface area contributed by atoms with Gasteiger partial charge in [-0.25, -0.2) is 4.98 Å². The third-order valence-electron chi connectivity index (χ3n) is 10.1. The zero-order chi connectivity index (χ0) is 32.5. The first-order chi connectivity index (χ1) is 22.2. The number of nitrogens with one attached hydrogen (secondary N) is 1. The van der Waals surface area contributed by atoms with E-state index in [1.54, 1.807) is 11.1 Å². The first-order valence-electron chi connectivity index (χ1n) is 16.8. The van der Waals surface area contributed by atoms with Crippen LogP contribution in [0, 0.1) is 5.92 Å². The summed E-state index contributed by atoms with van der Waals surface area (Å²) in [5.41, 5.74) is 2.02. The molecule has 0 amide bonds. The highest BCUT2D eigenvalue weighted by Crippen LogP contribution is 2.46. The average Bonchev–Trinajstić information content (AvgIpc) is 3.06. The number of nitrogens with zero attached hydrogens (tertiary/aromatic N) is 5. The Balaban J connectivity index is 0.00000119. The number of aromatic amines is 1. The van der Waals surface area contributed by atoms with E-state index in [1.165, 1.54) is 37.0 Å². The van der Waals surface area contributed by atoms with E-state index in [9.17, 15) is 18.0 Å². The van der Waals surface area contributed by atoms with E-state index in [2.05, 4.69) is 34.7 Å². The molecule has 8 rings (SSSR count). The molecule has 1 unspecified atom stereocenters. The summed E-state index contributed by atoms with van der Waals surface area (Å²) in [6, 6.07) is 11.0. The van der Waals surface area contributed by atoms with Crippen LogP contribution in [0.3, 0.4) is 0 Å². The SMILES string of the molecule is CCC.CCOc1ncccc1-c1ccc2c(n1)CN(C1CN3CCC1CC3)CC21CCN(c2ccc(=O)[nH]c2C(F)(F)F)CC1. The molecule has 4 saturated heterocycles. The summed E-state index contributed by atoms with van der Waals surface area (Å²) in [5.74, 6) is 1.22. The zero-order valence-corrected chi connectivity index (χ0v) is 27.1. The van der Waals surface area contributed by atoms with Crippen LogP contribution in [-0.2, 0) is 18.1 Å². The Kier molecular flexibility index (Phi) is 9.43. The molecule has 3 aromatic heterocycles. The highest BCUT2D eigenvalue weighted by Gasteiger charge is 2.48. The van der Waals surface area contributed by atoms with E-state index in [1.807, 2.05) is 30.1 Å². The molecule has 46 heavy (non-hydrogen) atoms. The maximum absolute atomic E-state index is 13.9. The highest BCUT2D eigenvalue weighted by atomic mass is 19.4. The van der Waals surface area contributed by atoms with Crippen molar-refractivity contribution >= 4 is 5.69 Å². The second-order valence-corrected chi connectivity index (χ2v) is 13.1. The predicted octanol–water partition coefficient (Wildman–Crippen LogP) is 6.11. The number of halogens is 3. The van der Waals surface area contributed by atoms with E-state index in [-0.39, 0.29) is 11.1 Å². The van der Waals surface area contributed by atoms with Crippen molar-refractivity contribution in [1.82, 2.24) is 24.8 Å². The first kappa shape index (κ1) is 32.5. The summed E-state index contributed by atoms with van der Waals surface area (Å²) in [6.45, 7) is 12.6. The summed E-state index contributed by atoms with van der Waals surface area (Å²) in [5, 5.41) is 0. The fraction of sp³-hybridized carbons (Fsp3) is 0.571. The van der Waals surface area contributed by atoms with Gasteiger partial charge in [0.05, 0.1) is 29.2 Å². The van der Waals surface area contributed by atoms with Gasteiger partial charge < -0.3 is 19.5 Å². The van der Waals surface area contributed by atoms with Gasteiger partial charge in [0, 0.05) is 56.4 Å². The Morgan fingerprint density at radius 1 is 1.02 bits per heavy atom. The number of alkyl halides is 3. The number of pyridine rings is 3. The van der Waals surface area contributed by atoms with Gasteiger partial charge in [-0.05, 0) is 81.4 Å². The average molecular weight is 639 g/mol. The molecule has 5 aliphatic rings. The molecule has 3 aromatic rings. The van der Waals surface area contributed by atoms with Crippen LogP contribution in [0.5, 0.6) is 5.88 Å². The van der Waals surface area contributed by atoms with E-state index in [0.717, 1.165) is 49.7 Å². The molecule has 0 aromatic carbocycles. The molecule has 11 heteroatoms. The summed E-state index contributed by atoms with van der Waals surface area (Å²) >= 11 is 0. The maximum atomic E-state index is 13.9. The Hall–Kier alpha value is -3.44. The van der Waals surface area contributed by atoms with Gasteiger partial charge in [-0.1, -0.05) is 26.3 Å². The molecular weight excluding hydrogens is 593 g/mol. The summed E-state index contributed by atoms with van der Waals surface area (Å²) < 4.78 is 47.5. The van der Waals surface area contributed by atoms with Crippen molar-refractivity contribution in [3.05, 3.63) is 69.9 Å². The number of H-pyrrole nitrogens is 1. The van der Waals surface area contributed by atoms with Gasteiger partial charge >= 0.3 is 6.18 Å². The van der Waals surface area contributed by atoms with E-state index < -0.39 is 17.4 Å². The summed E-state index contributed by atoms with van der Waals surface area (Å²) in [7, 11) is 0. The number of anilines is 1. The van der Waals surface area contributed by atoms with Crippen LogP contribution in [0.25, 0.3) is 11.3 Å². The topological polar surface area (TPSA) is 77.6 Å². The standard InChI is InChI=1S/C32H37F3N6O2.C3H8/c1-2-43-30-22(4-3-13-36-30)24-6-5-23-25(37-24)18-41(27-19-39-14-9-21(27)10-15-39)20-31(23)11-16-40(17-12-31)26-7-8-28(42)38-29(26)32(33,34)35;1-3-2/h3-8,13,21,27H,2,9-12,14-20H2,1H3,(H,38,42);3H2,1-2H3. The lowest BCUT2D eigenvalue weighted by atomic mass is 9.68. The fourth-order valence-electron chi connectivity index (χ4n) is 7.95. The minimum Gasteiger partial charge on any atom is -0.477 e. The maximum Gasteiger partial charge on any atom is 0.433 e. The smallest absolute Gasteiger partial charge is 0.433 e. The summed E-state index contributed by atoms with van der Waals surface area (Å²) in [4.78, 5) is 30.5. The van der Waals surface area contributed by atoms with Crippen molar-refractivity contribution in [3.8, 4) is 17.1 Å². The molecule has 248 valence electrons. The molecule has 0 saturated carbocycles. The molecule has 4 fully saturated rings. The third kappa shape index (κ3) is 6.40. The Morgan fingerprint density at radius 2 is 1.76 bits per heavy atom. The van der Waals surface area contributed by atoms with Crippen molar-refractivity contribution in [2.24, 2.45) is 5.92 Å². The molecule has 1 N–H and O–H groups in total. The number of piperidine rings is 4. The van der Waals surface area contributed by atoms with Gasteiger partial charge in [-0.3, -0.25) is 14.7 Å². The van der Waals surface area contributed by atoms with E-state index in [4.69, 9.17) is 9.72 Å². The second kappa shape index (κ2) is 13.4. The monoisotopic (exact) mass is 638 g/mol. The van der Waals surface area contributed by atoms with Gasteiger partial charge in [-0.15, -0.1) is 0 Å². The van der Waals surface area contributed by atoms with Crippen molar-refractivity contribution in [1.29, 1.82) is 0 Å². The van der Waals surface area contributed by atoms with Crippen molar-refractivity contribution in [2.75, 3.05) is 50.8 Å². The molecule has 8 heterocycles. The van der Waals surface area contributed by atoms with E-state index in [0.29, 0.717) is 50.4 Å². The number of rotatable bonds is 5. The van der Waals surface area contributed by atoms with Crippen LogP contribution in [0.15, 0.2) is 47.4 Å². The largest absolute Gasteiger partial charge is 0.477 e. The molecule has 1 atom stereocenters. The summed E-state index contributed by atoms with van der Waals surface area (Å²) in [6.07, 6.45) is 2.15. The lowest BCUT2D eigenvalue weighted by Gasteiger charge is -2.55. The number of aromatic nitrogens is 3. The molecule has 0 radical (unpaired) electrons. The van der Waals surface area contributed by atoms with Crippen LogP contribution >= 0.6 is 0 Å². The zero-order valence-electron chi connectivity index (χ0n) is 27.1. The molecule has 8 nitrogen and oxygen atoms in total. The van der Waals surface area contributed by atoms with Crippen molar-refractivity contribution in [2.45, 2.75) is 77.1 Å². The van der Waals surface area contributed by atoms with Crippen LogP contribution in [0.2, 0.25) is 0 Å². The normalized spacial score (nSPS) is 23.9. The van der Waals surface area contributed by atoms with Crippen LogP contribution in [0.4, 0.5) is 18.9 Å². The molecule has 0 aliphatic carbocycles. The number of hydrogen-bond acceptors (Lipinski definition) is 7.